The SMILES string of the molecule is N#Cc1ccc(-c2ccc(C=Nc3ccc(Cl)cc3)o2)cc1. The largest absolute Gasteiger partial charge is 0.455 e. The maximum atomic E-state index is 8.80. The zero-order chi connectivity index (χ0) is 15.4. The minimum Gasteiger partial charge on any atom is -0.455 e. The average molecular weight is 307 g/mol. The molecule has 3 rings (SSSR count). The van der Waals surface area contributed by atoms with E-state index in [2.05, 4.69) is 11.1 Å². The number of halogens is 1. The topological polar surface area (TPSA) is 49.3 Å². The molecular formula is C18H11ClN2O. The molecule has 0 atom stereocenters. The molecule has 4 heteroatoms. The fraction of sp³-hybridized carbons (Fsp3) is 0. The Kier molecular flexibility index (Phi) is 4.04. The van der Waals surface area contributed by atoms with E-state index in [4.69, 9.17) is 21.3 Å². The minimum atomic E-state index is 0.625. The molecule has 0 saturated heterocycles. The van der Waals surface area contributed by atoms with Gasteiger partial charge in [-0.3, -0.25) is 4.99 Å². The van der Waals surface area contributed by atoms with Crippen molar-refractivity contribution >= 4 is 23.5 Å². The molecule has 2 aromatic carbocycles. The number of nitriles is 1. The van der Waals surface area contributed by atoms with Gasteiger partial charge in [-0.1, -0.05) is 11.6 Å². The number of hydrogen-bond acceptors (Lipinski definition) is 3. The fourth-order valence-electron chi connectivity index (χ4n) is 1.95. The van der Waals surface area contributed by atoms with Gasteiger partial charge in [0.1, 0.15) is 11.5 Å². The summed E-state index contributed by atoms with van der Waals surface area (Å²) in [6, 6.07) is 20.3. The highest BCUT2D eigenvalue weighted by Crippen LogP contribution is 2.22. The van der Waals surface area contributed by atoms with Gasteiger partial charge in [0, 0.05) is 10.6 Å². The highest BCUT2D eigenvalue weighted by Gasteiger charge is 2.03. The summed E-state index contributed by atoms with van der Waals surface area (Å²) < 4.78 is 5.73. The van der Waals surface area contributed by atoms with Crippen LogP contribution in [0.25, 0.3) is 11.3 Å². The van der Waals surface area contributed by atoms with Crippen LogP contribution in [0.5, 0.6) is 0 Å². The molecule has 0 unspecified atom stereocenters. The first-order valence-electron chi connectivity index (χ1n) is 6.64. The Morgan fingerprint density at radius 1 is 0.955 bits per heavy atom. The minimum absolute atomic E-state index is 0.625. The molecule has 1 aromatic heterocycles. The van der Waals surface area contributed by atoms with Crippen molar-refractivity contribution < 1.29 is 4.42 Å². The van der Waals surface area contributed by atoms with Crippen LogP contribution in [0.1, 0.15) is 11.3 Å². The van der Waals surface area contributed by atoms with E-state index in [-0.39, 0.29) is 0 Å². The van der Waals surface area contributed by atoms with E-state index in [1.54, 1.807) is 30.5 Å². The van der Waals surface area contributed by atoms with E-state index < -0.39 is 0 Å². The third-order valence-electron chi connectivity index (χ3n) is 3.09. The van der Waals surface area contributed by atoms with Crippen molar-refractivity contribution in [2.24, 2.45) is 4.99 Å². The quantitative estimate of drug-likeness (QED) is 0.623. The molecule has 106 valence electrons. The predicted molar refractivity (Wildman–Crippen MR) is 87.6 cm³/mol. The van der Waals surface area contributed by atoms with Gasteiger partial charge in [0.05, 0.1) is 23.5 Å². The van der Waals surface area contributed by atoms with Crippen molar-refractivity contribution in [1.29, 1.82) is 5.26 Å². The van der Waals surface area contributed by atoms with Gasteiger partial charge in [0.25, 0.3) is 0 Å². The number of aliphatic imine (C=N–C) groups is 1. The molecule has 3 nitrogen and oxygen atoms in total. The van der Waals surface area contributed by atoms with E-state index >= 15 is 0 Å². The van der Waals surface area contributed by atoms with Crippen LogP contribution in [0.4, 0.5) is 5.69 Å². The average Bonchev–Trinajstić information content (AvgIpc) is 3.03. The first kappa shape index (κ1) is 14.1. The van der Waals surface area contributed by atoms with Crippen LogP contribution >= 0.6 is 11.6 Å². The maximum absolute atomic E-state index is 8.80. The Morgan fingerprint density at radius 2 is 1.68 bits per heavy atom. The lowest BCUT2D eigenvalue weighted by Crippen LogP contribution is -1.77. The van der Waals surface area contributed by atoms with Crippen LogP contribution in [0, 0.1) is 11.3 Å². The molecule has 0 fully saturated rings. The van der Waals surface area contributed by atoms with Gasteiger partial charge >= 0.3 is 0 Å². The summed E-state index contributed by atoms with van der Waals surface area (Å²) in [5.74, 6) is 1.40. The summed E-state index contributed by atoms with van der Waals surface area (Å²) in [6.07, 6.45) is 1.66. The van der Waals surface area contributed by atoms with Crippen molar-refractivity contribution in [2.45, 2.75) is 0 Å². The van der Waals surface area contributed by atoms with Crippen molar-refractivity contribution in [2.75, 3.05) is 0 Å². The molecule has 0 radical (unpaired) electrons. The molecule has 3 aromatic rings. The lowest BCUT2D eigenvalue weighted by molar-refractivity contribution is 0.575. The number of benzene rings is 2. The van der Waals surface area contributed by atoms with Gasteiger partial charge in [0.2, 0.25) is 0 Å². The third kappa shape index (κ3) is 3.25. The van der Waals surface area contributed by atoms with Gasteiger partial charge in [-0.2, -0.15) is 5.26 Å². The molecule has 1 heterocycles. The zero-order valence-electron chi connectivity index (χ0n) is 11.5. The molecular weight excluding hydrogens is 296 g/mol. The number of hydrogen-bond donors (Lipinski definition) is 0. The van der Waals surface area contributed by atoms with E-state index in [9.17, 15) is 0 Å². The summed E-state index contributed by atoms with van der Waals surface area (Å²) in [5, 5.41) is 9.48. The molecule has 0 bridgehead atoms. The first-order valence-corrected chi connectivity index (χ1v) is 7.02. The number of nitrogens with zero attached hydrogens (tertiary/aromatic N) is 2. The van der Waals surface area contributed by atoms with Crippen LogP contribution < -0.4 is 0 Å². The standard InChI is InChI=1S/C18H11ClN2O/c19-15-5-7-16(8-6-15)21-12-17-9-10-18(22-17)14-3-1-13(11-20)2-4-14/h1-10,12H. The van der Waals surface area contributed by atoms with Gasteiger partial charge in [-0.05, 0) is 60.7 Å². The lowest BCUT2D eigenvalue weighted by Gasteiger charge is -1.96. The molecule has 0 spiro atoms. The van der Waals surface area contributed by atoms with Crippen LogP contribution in [0.3, 0.4) is 0 Å². The summed E-state index contributed by atoms with van der Waals surface area (Å²) in [5.41, 5.74) is 2.35. The summed E-state index contributed by atoms with van der Waals surface area (Å²) in [6.45, 7) is 0. The van der Waals surface area contributed by atoms with Crippen molar-refractivity contribution in [3.05, 3.63) is 77.0 Å². The van der Waals surface area contributed by atoms with Gasteiger partial charge in [0.15, 0.2) is 0 Å². The molecule has 0 aliphatic heterocycles. The number of rotatable bonds is 3. The molecule has 0 N–H and O–H groups in total. The first-order chi connectivity index (χ1) is 10.7. The summed E-state index contributed by atoms with van der Waals surface area (Å²) in [7, 11) is 0. The van der Waals surface area contributed by atoms with Crippen LogP contribution in [-0.4, -0.2) is 6.21 Å². The Morgan fingerprint density at radius 3 is 2.36 bits per heavy atom. The van der Waals surface area contributed by atoms with Gasteiger partial charge in [-0.25, -0.2) is 0 Å². The van der Waals surface area contributed by atoms with E-state index in [0.29, 0.717) is 16.3 Å². The van der Waals surface area contributed by atoms with Gasteiger partial charge in [-0.15, -0.1) is 0 Å². The molecule has 0 aliphatic carbocycles. The van der Waals surface area contributed by atoms with E-state index in [1.165, 1.54) is 0 Å². The molecule has 0 amide bonds. The van der Waals surface area contributed by atoms with Gasteiger partial charge < -0.3 is 4.42 Å². The van der Waals surface area contributed by atoms with E-state index in [1.807, 2.05) is 36.4 Å². The Labute approximate surface area is 133 Å². The second kappa shape index (κ2) is 6.30. The molecule has 0 aliphatic rings. The van der Waals surface area contributed by atoms with Crippen LogP contribution in [0.2, 0.25) is 5.02 Å². The third-order valence-corrected chi connectivity index (χ3v) is 3.34. The molecule has 22 heavy (non-hydrogen) atoms. The second-order valence-electron chi connectivity index (χ2n) is 4.63. The smallest absolute Gasteiger partial charge is 0.145 e. The molecule has 0 saturated carbocycles. The van der Waals surface area contributed by atoms with E-state index in [0.717, 1.165) is 17.0 Å². The summed E-state index contributed by atoms with van der Waals surface area (Å²) in [4.78, 5) is 4.33. The second-order valence-corrected chi connectivity index (χ2v) is 5.06. The summed E-state index contributed by atoms with van der Waals surface area (Å²) >= 11 is 5.83. The zero-order valence-corrected chi connectivity index (χ0v) is 12.3. The normalized spacial score (nSPS) is 10.7. The van der Waals surface area contributed by atoms with Crippen LogP contribution in [-0.2, 0) is 0 Å². The highest BCUT2D eigenvalue weighted by molar-refractivity contribution is 6.30. The van der Waals surface area contributed by atoms with Crippen molar-refractivity contribution in [3.63, 3.8) is 0 Å². The van der Waals surface area contributed by atoms with Crippen molar-refractivity contribution in [1.82, 2.24) is 0 Å². The Balaban J connectivity index is 1.78. The Bertz CT molecular complexity index is 840. The fourth-order valence-corrected chi connectivity index (χ4v) is 2.08. The highest BCUT2D eigenvalue weighted by atomic mass is 35.5. The van der Waals surface area contributed by atoms with Crippen molar-refractivity contribution in [3.8, 4) is 17.4 Å². The predicted octanol–water partition coefficient (Wildman–Crippen LogP) is 5.22. The number of furan rings is 1. The lowest BCUT2D eigenvalue weighted by atomic mass is 10.1. The monoisotopic (exact) mass is 306 g/mol. The van der Waals surface area contributed by atoms with Crippen LogP contribution in [0.15, 0.2) is 70.1 Å². The Hall–Kier alpha value is -2.83. The maximum Gasteiger partial charge on any atom is 0.145 e.